The van der Waals surface area contributed by atoms with Gasteiger partial charge in [-0.1, -0.05) is 50.6 Å². The fourth-order valence-corrected chi connectivity index (χ4v) is 4.78. The molecule has 0 radical (unpaired) electrons. The molecule has 0 saturated carbocycles. The number of rotatable bonds is 6. The number of nitrogens with zero attached hydrogens (tertiary/aromatic N) is 2. The maximum Gasteiger partial charge on any atom is 0.295 e. The number of ketones is 1. The lowest BCUT2D eigenvalue weighted by Gasteiger charge is -2.26. The van der Waals surface area contributed by atoms with Gasteiger partial charge >= 0.3 is 0 Å². The number of aryl methyl sites for hydroxylation is 2. The highest BCUT2D eigenvalue weighted by molar-refractivity contribution is 6.46. The number of hydrogen-bond donors (Lipinski definition) is 1. The molecule has 6 nitrogen and oxygen atoms in total. The smallest absolute Gasteiger partial charge is 0.295 e. The molecule has 1 amide bonds. The minimum absolute atomic E-state index is 0.0623. The van der Waals surface area contributed by atoms with Crippen LogP contribution in [0.5, 0.6) is 5.75 Å². The van der Waals surface area contributed by atoms with E-state index in [4.69, 9.17) is 4.74 Å². The molecule has 1 aromatic heterocycles. The Hall–Kier alpha value is -3.93. The monoisotopic (exact) mass is 498 g/mol. The predicted octanol–water partition coefficient (Wildman–Crippen LogP) is 6.02. The van der Waals surface area contributed by atoms with E-state index in [-0.39, 0.29) is 23.3 Å². The Bertz CT molecular complexity index is 1370. The summed E-state index contributed by atoms with van der Waals surface area (Å²) in [5, 5.41) is 11.6. The van der Waals surface area contributed by atoms with E-state index in [2.05, 4.69) is 25.8 Å². The third-order valence-electron chi connectivity index (χ3n) is 6.75. The van der Waals surface area contributed by atoms with Crippen molar-refractivity contribution in [3.63, 3.8) is 0 Å². The van der Waals surface area contributed by atoms with Crippen molar-refractivity contribution in [1.29, 1.82) is 0 Å². The average molecular weight is 499 g/mol. The summed E-state index contributed by atoms with van der Waals surface area (Å²) in [5.41, 5.74) is 4.87. The molecular weight excluding hydrogens is 464 g/mol. The summed E-state index contributed by atoms with van der Waals surface area (Å²) in [6.45, 7) is 12.8. The molecule has 0 aliphatic carbocycles. The summed E-state index contributed by atoms with van der Waals surface area (Å²) >= 11 is 0. The molecule has 0 spiro atoms. The van der Waals surface area contributed by atoms with Gasteiger partial charge in [-0.25, -0.2) is 0 Å². The second-order valence-corrected chi connectivity index (χ2v) is 10.5. The molecule has 1 aliphatic rings. The summed E-state index contributed by atoms with van der Waals surface area (Å²) in [6, 6.07) is 14.3. The zero-order chi connectivity index (χ0) is 26.9. The van der Waals surface area contributed by atoms with Gasteiger partial charge in [0, 0.05) is 30.1 Å². The number of Topliss-reactive ketones (excluding diaryl/α,β-unsaturated/α-hetero) is 1. The van der Waals surface area contributed by atoms with Crippen LogP contribution in [0.25, 0.3) is 5.76 Å². The van der Waals surface area contributed by atoms with E-state index in [1.807, 2.05) is 57.2 Å². The topological polar surface area (TPSA) is 79.7 Å². The normalized spacial score (nSPS) is 17.4. The number of hydrogen-bond acceptors (Lipinski definition) is 5. The summed E-state index contributed by atoms with van der Waals surface area (Å²) in [4.78, 5) is 32.6. The van der Waals surface area contributed by atoms with Gasteiger partial charge in [-0.3, -0.25) is 14.6 Å². The molecule has 192 valence electrons. The van der Waals surface area contributed by atoms with E-state index in [9.17, 15) is 14.7 Å². The van der Waals surface area contributed by atoms with Crippen molar-refractivity contribution < 1.29 is 19.4 Å². The molecule has 1 fully saturated rings. The van der Waals surface area contributed by atoms with E-state index in [0.717, 1.165) is 28.0 Å². The predicted molar refractivity (Wildman–Crippen MR) is 144 cm³/mol. The van der Waals surface area contributed by atoms with E-state index >= 15 is 0 Å². The molecule has 0 bridgehead atoms. The van der Waals surface area contributed by atoms with Crippen molar-refractivity contribution in [2.45, 2.75) is 59.5 Å². The van der Waals surface area contributed by atoms with Crippen LogP contribution in [-0.4, -0.2) is 33.3 Å². The third-order valence-corrected chi connectivity index (χ3v) is 6.75. The molecule has 1 unspecified atom stereocenters. The zero-order valence-corrected chi connectivity index (χ0v) is 22.3. The van der Waals surface area contributed by atoms with Crippen molar-refractivity contribution in [2.24, 2.45) is 0 Å². The van der Waals surface area contributed by atoms with Crippen molar-refractivity contribution >= 4 is 17.4 Å². The van der Waals surface area contributed by atoms with E-state index in [1.165, 1.54) is 4.90 Å². The number of pyridine rings is 1. The van der Waals surface area contributed by atoms with E-state index in [0.29, 0.717) is 17.7 Å². The molecule has 6 heteroatoms. The first-order chi connectivity index (χ1) is 17.5. The van der Waals surface area contributed by atoms with Gasteiger partial charge in [-0.2, -0.15) is 0 Å². The van der Waals surface area contributed by atoms with Gasteiger partial charge in [-0.05, 0) is 67.1 Å². The van der Waals surface area contributed by atoms with Gasteiger partial charge < -0.3 is 14.7 Å². The SMILES string of the molecule is CCOc1ccc(/C(O)=C2/C(=O)C(=O)N(Cc3cc(C)ccc3C)C2c2cccnc2)cc1C(C)(C)C. The number of carbonyl (C=O) groups is 2. The Kier molecular flexibility index (Phi) is 7.21. The maximum absolute atomic E-state index is 13.5. The number of carbonyl (C=O) groups excluding carboxylic acids is 2. The summed E-state index contributed by atoms with van der Waals surface area (Å²) in [5.74, 6) is -0.823. The van der Waals surface area contributed by atoms with Crippen LogP contribution in [0, 0.1) is 13.8 Å². The van der Waals surface area contributed by atoms with Crippen LogP contribution in [0.3, 0.4) is 0 Å². The van der Waals surface area contributed by atoms with E-state index in [1.54, 1.807) is 24.5 Å². The van der Waals surface area contributed by atoms with Crippen LogP contribution < -0.4 is 4.74 Å². The molecule has 1 N–H and O–H groups in total. The van der Waals surface area contributed by atoms with Gasteiger partial charge in [0.15, 0.2) is 0 Å². The standard InChI is InChI=1S/C31H34N2O4/c1-7-37-25-13-12-21(16-24(25)31(4,5)6)28(34)26-27(22-9-8-14-32-17-22)33(30(36)29(26)35)18-23-15-19(2)10-11-20(23)3/h8-17,27,34H,7,18H2,1-6H3/b28-26-. The first-order valence-corrected chi connectivity index (χ1v) is 12.5. The number of likely N-dealkylation sites (tertiary alicyclic amines) is 1. The van der Waals surface area contributed by atoms with Crippen LogP contribution in [-0.2, 0) is 21.5 Å². The lowest BCUT2D eigenvalue weighted by atomic mass is 9.84. The Morgan fingerprint density at radius 1 is 1.08 bits per heavy atom. The van der Waals surface area contributed by atoms with Gasteiger partial charge in [0.2, 0.25) is 0 Å². The van der Waals surface area contributed by atoms with Crippen LogP contribution in [0.15, 0.2) is 66.5 Å². The molecule has 3 aromatic rings. The van der Waals surface area contributed by atoms with Crippen molar-refractivity contribution in [3.05, 3.63) is 99.9 Å². The highest BCUT2D eigenvalue weighted by Crippen LogP contribution is 2.41. The number of ether oxygens (including phenoxy) is 1. The first kappa shape index (κ1) is 26.1. The molecule has 2 aromatic carbocycles. The number of amides is 1. The van der Waals surface area contributed by atoms with Crippen LogP contribution in [0.2, 0.25) is 0 Å². The van der Waals surface area contributed by atoms with Crippen molar-refractivity contribution in [2.75, 3.05) is 6.61 Å². The highest BCUT2D eigenvalue weighted by atomic mass is 16.5. The van der Waals surface area contributed by atoms with E-state index < -0.39 is 17.7 Å². The number of aliphatic hydroxyl groups excluding tert-OH is 1. The fraction of sp³-hybridized carbons (Fsp3) is 0.323. The second kappa shape index (κ2) is 10.2. The Morgan fingerprint density at radius 2 is 1.84 bits per heavy atom. The Labute approximate surface area is 218 Å². The summed E-state index contributed by atoms with van der Waals surface area (Å²) < 4.78 is 5.82. The molecule has 37 heavy (non-hydrogen) atoms. The van der Waals surface area contributed by atoms with Crippen LogP contribution >= 0.6 is 0 Å². The lowest BCUT2D eigenvalue weighted by molar-refractivity contribution is -0.140. The van der Waals surface area contributed by atoms with Crippen LogP contribution in [0.4, 0.5) is 0 Å². The Balaban J connectivity index is 1.88. The van der Waals surface area contributed by atoms with Crippen molar-refractivity contribution in [1.82, 2.24) is 9.88 Å². The van der Waals surface area contributed by atoms with Crippen molar-refractivity contribution in [3.8, 4) is 5.75 Å². The minimum atomic E-state index is -0.765. The molecule has 1 aliphatic heterocycles. The number of aromatic nitrogens is 1. The third kappa shape index (κ3) is 5.15. The molecular formula is C31H34N2O4. The molecule has 1 atom stereocenters. The largest absolute Gasteiger partial charge is 0.507 e. The minimum Gasteiger partial charge on any atom is -0.507 e. The maximum atomic E-state index is 13.5. The number of benzene rings is 2. The average Bonchev–Trinajstić information content (AvgIpc) is 3.11. The lowest BCUT2D eigenvalue weighted by Crippen LogP contribution is -2.29. The first-order valence-electron chi connectivity index (χ1n) is 12.5. The quantitative estimate of drug-likeness (QED) is 0.256. The molecule has 2 heterocycles. The number of aliphatic hydroxyl groups is 1. The van der Waals surface area contributed by atoms with Gasteiger partial charge in [0.05, 0.1) is 18.2 Å². The molecule has 1 saturated heterocycles. The second-order valence-electron chi connectivity index (χ2n) is 10.5. The van der Waals surface area contributed by atoms with Crippen LogP contribution in [0.1, 0.15) is 67.1 Å². The Morgan fingerprint density at radius 3 is 2.49 bits per heavy atom. The zero-order valence-electron chi connectivity index (χ0n) is 22.3. The highest BCUT2D eigenvalue weighted by Gasteiger charge is 2.46. The summed E-state index contributed by atoms with van der Waals surface area (Å²) in [7, 11) is 0. The van der Waals surface area contributed by atoms with Gasteiger partial charge in [-0.15, -0.1) is 0 Å². The van der Waals surface area contributed by atoms with Gasteiger partial charge in [0.1, 0.15) is 11.5 Å². The van der Waals surface area contributed by atoms with Gasteiger partial charge in [0.25, 0.3) is 11.7 Å². The molecule has 4 rings (SSSR count). The fourth-order valence-electron chi connectivity index (χ4n) is 4.78. The summed E-state index contributed by atoms with van der Waals surface area (Å²) in [6.07, 6.45) is 3.28.